The number of hydrogen-bond acceptors (Lipinski definition) is 7. The molecule has 0 aliphatic rings. The van der Waals surface area contributed by atoms with Gasteiger partial charge in [0.1, 0.15) is 5.01 Å². The lowest BCUT2D eigenvalue weighted by Gasteiger charge is -2.10. The third-order valence-corrected chi connectivity index (χ3v) is 9.34. The largest absolute Gasteiger partial charge is 0.345 e. The van der Waals surface area contributed by atoms with Crippen molar-refractivity contribution in [3.8, 4) is 22.4 Å². The Bertz CT molecular complexity index is 1620. The Hall–Kier alpha value is -3.63. The molecule has 3 aromatic heterocycles. The molecule has 1 amide bonds. The van der Waals surface area contributed by atoms with Crippen molar-refractivity contribution in [3.05, 3.63) is 81.7 Å². The first-order valence-corrected chi connectivity index (χ1v) is 14.6. The molecule has 0 bridgehead atoms. The molecule has 8 nitrogen and oxygen atoms in total. The van der Waals surface area contributed by atoms with Gasteiger partial charge in [0.25, 0.3) is 5.91 Å². The minimum Gasteiger partial charge on any atom is -0.345 e. The summed E-state index contributed by atoms with van der Waals surface area (Å²) in [6.45, 7) is 8.31. The van der Waals surface area contributed by atoms with E-state index in [1.165, 1.54) is 17.5 Å². The molecular weight excluding hydrogens is 520 g/mol. The predicted molar refractivity (Wildman–Crippen MR) is 150 cm³/mol. The van der Waals surface area contributed by atoms with E-state index < -0.39 is 21.2 Å². The molecule has 1 aromatic carbocycles. The Kier molecular flexibility index (Phi) is 7.94. The van der Waals surface area contributed by atoms with Crippen LogP contribution in [0.4, 0.5) is 0 Å². The summed E-state index contributed by atoms with van der Waals surface area (Å²) >= 11 is 1.40. The van der Waals surface area contributed by atoms with Crippen LogP contribution >= 0.6 is 11.3 Å². The number of pyridine rings is 1. The molecule has 10 heteroatoms. The van der Waals surface area contributed by atoms with Gasteiger partial charge in [-0.2, -0.15) is 0 Å². The maximum atomic E-state index is 12.8. The number of Topliss-reactive ketones (excluding diaryl/α,β-unsaturated/α-hetero) is 1. The summed E-state index contributed by atoms with van der Waals surface area (Å²) in [5, 5.41) is 4.57. The smallest absolute Gasteiger partial charge is 0.253 e. The molecule has 0 spiro atoms. The third-order valence-electron chi connectivity index (χ3n) is 6.37. The number of aryl methyl sites for hydroxylation is 1. The summed E-state index contributed by atoms with van der Waals surface area (Å²) in [6.07, 6.45) is 3.21. The van der Waals surface area contributed by atoms with E-state index >= 15 is 0 Å². The van der Waals surface area contributed by atoms with Crippen LogP contribution in [0.3, 0.4) is 0 Å². The quantitative estimate of drug-likeness (QED) is 0.323. The van der Waals surface area contributed by atoms with Crippen LogP contribution in [0, 0.1) is 20.8 Å². The zero-order valence-corrected chi connectivity index (χ0v) is 23.6. The summed E-state index contributed by atoms with van der Waals surface area (Å²) < 4.78 is 26.3. The average molecular weight is 551 g/mol. The van der Waals surface area contributed by atoms with E-state index in [1.807, 2.05) is 42.6 Å². The SMILES string of the molecule is Cc1cc(-c2cccc(-c3csc(CC(=O)CNC(=O)c4cn(S(=O)(=O)C(C)C)c(C)c4C)n3)c2)ccn1. The van der Waals surface area contributed by atoms with Gasteiger partial charge < -0.3 is 5.32 Å². The fourth-order valence-corrected chi connectivity index (χ4v) is 6.06. The number of nitrogens with one attached hydrogen (secondary N) is 1. The number of thiazole rings is 1. The molecule has 4 rings (SSSR count). The van der Waals surface area contributed by atoms with Crippen molar-refractivity contribution < 1.29 is 18.0 Å². The molecule has 0 atom stereocenters. The average Bonchev–Trinajstić information content (AvgIpc) is 3.47. The van der Waals surface area contributed by atoms with E-state index in [0.717, 1.165) is 32.1 Å². The van der Waals surface area contributed by atoms with Gasteiger partial charge in [-0.05, 0) is 69.5 Å². The van der Waals surface area contributed by atoms with Gasteiger partial charge in [0, 0.05) is 34.7 Å². The van der Waals surface area contributed by atoms with Crippen molar-refractivity contribution in [2.24, 2.45) is 0 Å². The molecule has 4 aromatic rings. The fourth-order valence-electron chi connectivity index (χ4n) is 4.00. The third kappa shape index (κ3) is 5.76. The number of rotatable bonds is 9. The van der Waals surface area contributed by atoms with Crippen LogP contribution in [0.1, 0.15) is 46.2 Å². The topological polar surface area (TPSA) is 111 Å². The lowest BCUT2D eigenvalue weighted by molar-refractivity contribution is -0.117. The van der Waals surface area contributed by atoms with Crippen molar-refractivity contribution in [2.45, 2.75) is 46.3 Å². The predicted octanol–water partition coefficient (Wildman–Crippen LogP) is 4.73. The highest BCUT2D eigenvalue weighted by Crippen LogP contribution is 2.28. The second-order valence-corrected chi connectivity index (χ2v) is 12.7. The minimum atomic E-state index is -3.60. The molecular formula is C28H30N4O4S2. The summed E-state index contributed by atoms with van der Waals surface area (Å²) in [7, 11) is -3.60. The Labute approximate surface area is 226 Å². The van der Waals surface area contributed by atoms with Gasteiger partial charge >= 0.3 is 0 Å². The molecule has 1 N–H and O–H groups in total. The normalized spacial score (nSPS) is 11.6. The zero-order chi connectivity index (χ0) is 27.6. The molecule has 0 aliphatic carbocycles. The molecule has 0 unspecified atom stereocenters. The number of benzene rings is 1. The number of amides is 1. The Morgan fingerprint density at radius 2 is 1.76 bits per heavy atom. The van der Waals surface area contributed by atoms with Gasteiger partial charge in [-0.25, -0.2) is 17.4 Å². The second-order valence-electron chi connectivity index (χ2n) is 9.43. The first-order chi connectivity index (χ1) is 18.0. The fraction of sp³-hybridized carbons (Fsp3) is 0.286. The molecule has 38 heavy (non-hydrogen) atoms. The van der Waals surface area contributed by atoms with Gasteiger partial charge in [-0.1, -0.05) is 18.2 Å². The van der Waals surface area contributed by atoms with Gasteiger partial charge in [-0.3, -0.25) is 14.6 Å². The molecule has 0 radical (unpaired) electrons. The van der Waals surface area contributed by atoms with Gasteiger partial charge in [0.2, 0.25) is 10.0 Å². The van der Waals surface area contributed by atoms with Crippen molar-refractivity contribution in [2.75, 3.05) is 6.54 Å². The number of hydrogen-bond donors (Lipinski definition) is 1. The Morgan fingerprint density at radius 3 is 2.47 bits per heavy atom. The lowest BCUT2D eigenvalue weighted by atomic mass is 10.0. The summed E-state index contributed by atoms with van der Waals surface area (Å²) in [5.41, 5.74) is 6.09. The summed E-state index contributed by atoms with van der Waals surface area (Å²) in [5.74, 6) is -0.677. The first-order valence-electron chi connectivity index (χ1n) is 12.2. The molecule has 0 saturated heterocycles. The van der Waals surface area contributed by atoms with Crippen LogP contribution < -0.4 is 5.32 Å². The number of aromatic nitrogens is 3. The summed E-state index contributed by atoms with van der Waals surface area (Å²) in [4.78, 5) is 34.3. The van der Waals surface area contributed by atoms with E-state index in [-0.39, 0.29) is 24.3 Å². The number of carbonyl (C=O) groups is 2. The van der Waals surface area contributed by atoms with E-state index in [9.17, 15) is 18.0 Å². The van der Waals surface area contributed by atoms with E-state index in [4.69, 9.17) is 0 Å². The second kappa shape index (κ2) is 11.0. The highest BCUT2D eigenvalue weighted by molar-refractivity contribution is 7.90. The van der Waals surface area contributed by atoms with Crippen molar-refractivity contribution >= 4 is 33.1 Å². The van der Waals surface area contributed by atoms with Crippen molar-refractivity contribution in [1.29, 1.82) is 0 Å². The zero-order valence-electron chi connectivity index (χ0n) is 22.0. The molecule has 0 saturated carbocycles. The van der Waals surface area contributed by atoms with Gasteiger partial charge in [0.15, 0.2) is 5.78 Å². The van der Waals surface area contributed by atoms with E-state index in [2.05, 4.69) is 21.4 Å². The summed E-state index contributed by atoms with van der Waals surface area (Å²) in [6, 6.07) is 12.0. The van der Waals surface area contributed by atoms with Crippen LogP contribution in [0.25, 0.3) is 22.4 Å². The van der Waals surface area contributed by atoms with Gasteiger partial charge in [0.05, 0.1) is 29.5 Å². The minimum absolute atomic E-state index is 0.0922. The van der Waals surface area contributed by atoms with Crippen LogP contribution in [0.5, 0.6) is 0 Å². The van der Waals surface area contributed by atoms with Crippen LogP contribution in [0.15, 0.2) is 54.2 Å². The molecule has 0 fully saturated rings. The first kappa shape index (κ1) is 27.4. The van der Waals surface area contributed by atoms with E-state index in [0.29, 0.717) is 16.3 Å². The Morgan fingerprint density at radius 1 is 1.05 bits per heavy atom. The number of nitrogens with zero attached hydrogens (tertiary/aromatic N) is 3. The van der Waals surface area contributed by atoms with Crippen molar-refractivity contribution in [1.82, 2.24) is 19.3 Å². The lowest BCUT2D eigenvalue weighted by Crippen LogP contribution is -2.30. The van der Waals surface area contributed by atoms with Crippen LogP contribution in [-0.2, 0) is 21.2 Å². The van der Waals surface area contributed by atoms with Crippen LogP contribution in [-0.4, -0.2) is 45.8 Å². The Balaban J connectivity index is 1.40. The molecule has 3 heterocycles. The number of carbonyl (C=O) groups excluding carboxylic acids is 2. The highest BCUT2D eigenvalue weighted by atomic mass is 32.2. The molecule has 198 valence electrons. The standard InChI is InChI=1S/C28H30N4O4S2/c1-17(2)38(35,36)32-15-25(19(4)20(32)5)28(34)30-14-24(33)13-27-31-26(16-37-27)23-8-6-7-21(12-23)22-9-10-29-18(3)11-22/h6-12,15-17H,13-14H2,1-5H3,(H,30,34). The van der Waals surface area contributed by atoms with Crippen molar-refractivity contribution in [3.63, 3.8) is 0 Å². The maximum Gasteiger partial charge on any atom is 0.253 e. The van der Waals surface area contributed by atoms with E-state index in [1.54, 1.807) is 33.9 Å². The maximum absolute atomic E-state index is 12.8. The highest BCUT2D eigenvalue weighted by Gasteiger charge is 2.25. The van der Waals surface area contributed by atoms with Gasteiger partial charge in [-0.15, -0.1) is 11.3 Å². The monoisotopic (exact) mass is 550 g/mol. The number of ketones is 1. The van der Waals surface area contributed by atoms with Crippen LogP contribution in [0.2, 0.25) is 0 Å². The molecule has 0 aliphatic heterocycles.